The molecule has 1 rings (SSSR count). The van der Waals surface area contributed by atoms with Crippen LogP contribution < -0.4 is 5.32 Å². The summed E-state index contributed by atoms with van der Waals surface area (Å²) in [6, 6.07) is 4.16. The summed E-state index contributed by atoms with van der Waals surface area (Å²) in [5.41, 5.74) is -1.97. The normalized spacial score (nSPS) is 12.3. The number of Topliss-reactive ketones (excluding diaryl/α,β-unsaturated/α-hetero) is 1. The number of halogens is 2. The fourth-order valence-electron chi connectivity index (χ4n) is 1.94. The Morgan fingerprint density at radius 3 is 2.19 bits per heavy atom. The van der Waals surface area contributed by atoms with Gasteiger partial charge in [-0.15, -0.1) is 0 Å². The molecule has 11 heteroatoms. The molecule has 0 radical (unpaired) electrons. The van der Waals surface area contributed by atoms with Gasteiger partial charge in [-0.05, 0) is 32.0 Å². The molecule has 26 heavy (non-hydrogen) atoms. The molecule has 1 amide bonds. The van der Waals surface area contributed by atoms with Crippen LogP contribution in [0.15, 0.2) is 18.2 Å². The van der Waals surface area contributed by atoms with Crippen molar-refractivity contribution in [3.63, 3.8) is 0 Å². The van der Waals surface area contributed by atoms with E-state index in [-0.39, 0.29) is 23.9 Å². The molecule has 0 fully saturated rings. The lowest BCUT2D eigenvalue weighted by Crippen LogP contribution is -2.40. The highest BCUT2D eigenvalue weighted by Gasteiger charge is 2.50. The number of ether oxygens (including phenoxy) is 1. The van der Waals surface area contributed by atoms with E-state index in [1.54, 1.807) is 0 Å². The van der Waals surface area contributed by atoms with Crippen LogP contribution in [0.4, 0.5) is 5.69 Å². The molecule has 0 spiro atoms. The average Bonchev–Trinajstić information content (AvgIpc) is 2.57. The van der Waals surface area contributed by atoms with E-state index in [0.29, 0.717) is 5.02 Å². The highest BCUT2D eigenvalue weighted by molar-refractivity contribution is 7.57. The van der Waals surface area contributed by atoms with E-state index in [9.17, 15) is 18.9 Å². The molecule has 0 unspecified atom stereocenters. The van der Waals surface area contributed by atoms with Gasteiger partial charge >= 0.3 is 13.6 Å². The van der Waals surface area contributed by atoms with Gasteiger partial charge in [0, 0.05) is 5.02 Å². The zero-order valence-electron chi connectivity index (χ0n) is 14.3. The Morgan fingerprint density at radius 1 is 1.15 bits per heavy atom. The minimum atomic E-state index is -4.28. The van der Waals surface area contributed by atoms with Crippen molar-refractivity contribution in [1.82, 2.24) is 0 Å². The summed E-state index contributed by atoms with van der Waals surface area (Å²) < 4.78 is 27.3. The monoisotopic (exact) mass is 425 g/mol. The molecule has 0 aliphatic carbocycles. The zero-order chi connectivity index (χ0) is 19.9. The Balaban J connectivity index is 3.17. The van der Waals surface area contributed by atoms with Crippen LogP contribution in [-0.2, 0) is 32.7 Å². The summed E-state index contributed by atoms with van der Waals surface area (Å²) in [7, 11) is -3.29. The summed E-state index contributed by atoms with van der Waals surface area (Å²) in [5.74, 6) is -3.78. The number of hydrogen-bond donors (Lipinski definition) is 1. The average molecular weight is 426 g/mol. The molecule has 1 atom stereocenters. The van der Waals surface area contributed by atoms with E-state index in [1.807, 2.05) is 0 Å². The van der Waals surface area contributed by atoms with E-state index in [2.05, 4.69) is 10.1 Å². The molecular formula is C15H18Cl2NO7P. The largest absolute Gasteiger partial charge is 0.468 e. The molecule has 1 aromatic rings. The predicted molar refractivity (Wildman–Crippen MR) is 96.8 cm³/mol. The maximum absolute atomic E-state index is 12.8. The molecule has 0 aromatic heterocycles. The number of esters is 1. The first-order chi connectivity index (χ1) is 12.2. The number of anilines is 1. The lowest BCUT2D eigenvalue weighted by atomic mass is 10.2. The molecule has 8 nitrogen and oxygen atoms in total. The first-order valence-corrected chi connectivity index (χ1v) is 9.83. The van der Waals surface area contributed by atoms with Crippen LogP contribution >= 0.6 is 30.8 Å². The second kappa shape index (κ2) is 10.0. The van der Waals surface area contributed by atoms with Crippen molar-refractivity contribution < 1.29 is 32.7 Å². The molecule has 0 aliphatic heterocycles. The number of amides is 1. The van der Waals surface area contributed by atoms with Gasteiger partial charge in [-0.1, -0.05) is 23.2 Å². The van der Waals surface area contributed by atoms with Gasteiger partial charge in [-0.25, -0.2) is 0 Å². The van der Waals surface area contributed by atoms with Crippen LogP contribution in [-0.4, -0.2) is 43.6 Å². The lowest BCUT2D eigenvalue weighted by Gasteiger charge is -2.23. The summed E-state index contributed by atoms with van der Waals surface area (Å²) in [5, 5.41) is 2.63. The van der Waals surface area contributed by atoms with Crippen molar-refractivity contribution in [2.45, 2.75) is 19.5 Å². The Labute approximate surface area is 160 Å². The zero-order valence-corrected chi connectivity index (χ0v) is 16.7. The van der Waals surface area contributed by atoms with Gasteiger partial charge in [0.05, 0.1) is 31.0 Å². The van der Waals surface area contributed by atoms with E-state index in [0.717, 1.165) is 7.11 Å². The van der Waals surface area contributed by atoms with Crippen molar-refractivity contribution in [3.8, 4) is 0 Å². The molecule has 144 valence electrons. The molecule has 0 saturated carbocycles. The Bertz CT molecular complexity index is 731. The summed E-state index contributed by atoms with van der Waals surface area (Å²) in [4.78, 5) is 36.8. The highest BCUT2D eigenvalue weighted by Crippen LogP contribution is 2.53. The highest BCUT2D eigenvalue weighted by atomic mass is 35.5. The minimum Gasteiger partial charge on any atom is -0.468 e. The first kappa shape index (κ1) is 22.6. The third-order valence-corrected chi connectivity index (χ3v) is 5.87. The van der Waals surface area contributed by atoms with E-state index in [4.69, 9.17) is 32.2 Å². The summed E-state index contributed by atoms with van der Waals surface area (Å²) in [6.07, 6.45) is 0. The fourth-order valence-corrected chi connectivity index (χ4v) is 4.25. The Kier molecular flexibility index (Phi) is 8.73. The predicted octanol–water partition coefficient (Wildman–Crippen LogP) is 3.31. The van der Waals surface area contributed by atoms with Crippen molar-refractivity contribution >= 4 is 54.1 Å². The van der Waals surface area contributed by atoms with Crippen LogP contribution in [0.3, 0.4) is 0 Å². The topological polar surface area (TPSA) is 108 Å². The van der Waals surface area contributed by atoms with E-state index >= 15 is 0 Å². The maximum Gasteiger partial charge on any atom is 0.353 e. The smallest absolute Gasteiger partial charge is 0.353 e. The summed E-state index contributed by atoms with van der Waals surface area (Å²) >= 11 is 11.7. The van der Waals surface area contributed by atoms with Crippen LogP contribution in [0.25, 0.3) is 0 Å². The number of carbonyl (C=O) groups is 3. The second-order valence-electron chi connectivity index (χ2n) is 4.74. The van der Waals surface area contributed by atoms with Gasteiger partial charge in [-0.3, -0.25) is 18.9 Å². The second-order valence-corrected chi connectivity index (χ2v) is 7.70. The Morgan fingerprint density at radius 2 is 1.73 bits per heavy atom. The number of benzene rings is 1. The fraction of sp³-hybridized carbons (Fsp3) is 0.400. The molecule has 0 saturated heterocycles. The summed E-state index contributed by atoms with van der Waals surface area (Å²) in [6.45, 7) is 2.78. The number of ketones is 1. The molecule has 1 N–H and O–H groups in total. The van der Waals surface area contributed by atoms with Gasteiger partial charge in [-0.2, -0.15) is 0 Å². The van der Waals surface area contributed by atoms with Gasteiger partial charge in [0.25, 0.3) is 5.91 Å². The van der Waals surface area contributed by atoms with Gasteiger partial charge in [0.1, 0.15) is 0 Å². The van der Waals surface area contributed by atoms with E-state index < -0.39 is 30.9 Å². The van der Waals surface area contributed by atoms with Gasteiger partial charge in [0.15, 0.2) is 0 Å². The standard InChI is InChI=1S/C15H18Cl2NO7P/c1-4-24-26(22,25-5-2)13(15(21)23-3)12(19)14(20)18-11-7-6-9(16)8-10(11)17/h6-8,13H,4-5H2,1-3H3,(H,18,20)/t13-/m1/s1. The van der Waals surface area contributed by atoms with Gasteiger partial charge < -0.3 is 19.1 Å². The number of rotatable bonds is 9. The SMILES string of the molecule is CCOP(=O)(OCC)[C@@H](C(=O)OC)C(=O)C(=O)Nc1ccc(Cl)cc1Cl. The third kappa shape index (κ3) is 5.53. The first-order valence-electron chi connectivity index (χ1n) is 7.47. The van der Waals surface area contributed by atoms with Crippen LogP contribution in [0.2, 0.25) is 10.0 Å². The number of nitrogens with one attached hydrogen (secondary N) is 1. The van der Waals surface area contributed by atoms with Crippen molar-refractivity contribution in [2.24, 2.45) is 0 Å². The molecule has 0 heterocycles. The van der Waals surface area contributed by atoms with Crippen LogP contribution in [0.5, 0.6) is 0 Å². The maximum atomic E-state index is 12.8. The van der Waals surface area contributed by atoms with Crippen LogP contribution in [0.1, 0.15) is 13.8 Å². The number of methoxy groups -OCH3 is 1. The van der Waals surface area contributed by atoms with E-state index in [1.165, 1.54) is 32.0 Å². The molecule has 0 bridgehead atoms. The van der Waals surface area contributed by atoms with Gasteiger partial charge in [0.2, 0.25) is 11.4 Å². The Hall–Kier alpha value is -1.44. The third-order valence-electron chi connectivity index (χ3n) is 3.01. The van der Waals surface area contributed by atoms with Crippen molar-refractivity contribution in [1.29, 1.82) is 0 Å². The molecule has 0 aliphatic rings. The van der Waals surface area contributed by atoms with Crippen molar-refractivity contribution in [2.75, 3.05) is 25.6 Å². The quantitative estimate of drug-likeness (QED) is 0.279. The van der Waals surface area contributed by atoms with Crippen molar-refractivity contribution in [3.05, 3.63) is 28.2 Å². The molecular weight excluding hydrogens is 408 g/mol. The molecule has 1 aromatic carbocycles. The lowest BCUT2D eigenvalue weighted by molar-refractivity contribution is -0.146. The number of hydrogen-bond acceptors (Lipinski definition) is 7. The minimum absolute atomic E-state index is 0.0751. The number of carbonyl (C=O) groups excluding carboxylic acids is 3. The van der Waals surface area contributed by atoms with Crippen LogP contribution in [0, 0.1) is 0 Å².